The summed E-state index contributed by atoms with van der Waals surface area (Å²) in [6, 6.07) is 12.9. The van der Waals surface area contributed by atoms with Crippen molar-refractivity contribution in [3.63, 3.8) is 0 Å². The van der Waals surface area contributed by atoms with Gasteiger partial charge in [-0.15, -0.1) is 0 Å². The van der Waals surface area contributed by atoms with Crippen LogP contribution >= 0.6 is 0 Å². The molecule has 2 atom stereocenters. The van der Waals surface area contributed by atoms with Gasteiger partial charge in [-0.1, -0.05) is 30.7 Å². The van der Waals surface area contributed by atoms with Crippen molar-refractivity contribution in [3.8, 4) is 5.75 Å². The molecule has 2 aliphatic heterocycles. The fourth-order valence-electron chi connectivity index (χ4n) is 4.24. The average Bonchev–Trinajstić information content (AvgIpc) is 3.25. The second-order valence-corrected chi connectivity index (χ2v) is 9.73. The quantitative estimate of drug-likeness (QED) is 0.727. The van der Waals surface area contributed by atoms with E-state index in [0.29, 0.717) is 12.8 Å². The number of sulfone groups is 1. The molecule has 0 amide bonds. The van der Waals surface area contributed by atoms with E-state index in [1.807, 2.05) is 43.3 Å². The van der Waals surface area contributed by atoms with Gasteiger partial charge < -0.3 is 9.84 Å². The van der Waals surface area contributed by atoms with Gasteiger partial charge in [-0.3, -0.25) is 4.98 Å². The van der Waals surface area contributed by atoms with Crippen LogP contribution in [-0.2, 0) is 14.6 Å². The van der Waals surface area contributed by atoms with Crippen molar-refractivity contribution in [3.05, 3.63) is 71.1 Å². The van der Waals surface area contributed by atoms with Crippen molar-refractivity contribution in [1.82, 2.24) is 4.98 Å². The lowest BCUT2D eigenvalue weighted by atomic mass is 9.94. The molecular formula is C23H25NO4S. The van der Waals surface area contributed by atoms with Gasteiger partial charge in [-0.2, -0.15) is 0 Å². The predicted molar refractivity (Wildman–Crippen MR) is 114 cm³/mol. The zero-order valence-electron chi connectivity index (χ0n) is 16.4. The van der Waals surface area contributed by atoms with Gasteiger partial charge in [0.15, 0.2) is 9.84 Å². The zero-order valence-corrected chi connectivity index (χ0v) is 17.2. The maximum Gasteiger partial charge on any atom is 0.163 e. The Labute approximate surface area is 171 Å². The van der Waals surface area contributed by atoms with Crippen LogP contribution in [0.3, 0.4) is 0 Å². The highest BCUT2D eigenvalue weighted by Crippen LogP contribution is 2.40. The van der Waals surface area contributed by atoms with Crippen molar-refractivity contribution in [2.75, 3.05) is 12.4 Å². The van der Waals surface area contributed by atoms with E-state index in [1.54, 1.807) is 18.3 Å². The Bertz CT molecular complexity index is 1060. The van der Waals surface area contributed by atoms with E-state index < -0.39 is 15.1 Å². The van der Waals surface area contributed by atoms with Gasteiger partial charge in [0, 0.05) is 6.20 Å². The number of phenolic OH excluding ortho intramolecular Hbond substituents is 1. The van der Waals surface area contributed by atoms with E-state index in [-0.39, 0.29) is 24.2 Å². The fourth-order valence-corrected chi connectivity index (χ4v) is 6.29. The molecule has 0 unspecified atom stereocenters. The first-order valence-electron chi connectivity index (χ1n) is 9.94. The van der Waals surface area contributed by atoms with Crippen molar-refractivity contribution in [2.24, 2.45) is 0 Å². The van der Waals surface area contributed by atoms with Crippen LogP contribution in [0.5, 0.6) is 5.75 Å². The Hall–Kier alpha value is -2.44. The lowest BCUT2D eigenvalue weighted by Crippen LogP contribution is -2.19. The summed E-state index contributed by atoms with van der Waals surface area (Å²) in [7, 11) is -3.12. The van der Waals surface area contributed by atoms with E-state index in [9.17, 15) is 13.5 Å². The maximum atomic E-state index is 12.4. The first-order chi connectivity index (χ1) is 14.0. The van der Waals surface area contributed by atoms with Gasteiger partial charge in [0.25, 0.3) is 0 Å². The molecule has 0 radical (unpaired) electrons. The minimum Gasteiger partial charge on any atom is -0.508 e. The second-order valence-electron chi connectivity index (χ2n) is 7.55. The van der Waals surface area contributed by atoms with Crippen molar-refractivity contribution < 1.29 is 18.3 Å². The van der Waals surface area contributed by atoms with Crippen LogP contribution in [0.15, 0.2) is 59.8 Å². The van der Waals surface area contributed by atoms with Crippen LogP contribution in [0.2, 0.25) is 0 Å². The van der Waals surface area contributed by atoms with E-state index in [0.717, 1.165) is 34.4 Å². The fraction of sp³-hybridized carbons (Fsp3) is 0.348. The summed E-state index contributed by atoms with van der Waals surface area (Å²) in [6.07, 6.45) is 5.76. The molecule has 2 aromatic rings. The summed E-state index contributed by atoms with van der Waals surface area (Å²) in [5.74, 6) is 0.394. The first kappa shape index (κ1) is 19.9. The summed E-state index contributed by atoms with van der Waals surface area (Å²) in [5.41, 5.74) is 4.81. The number of nitrogens with zero attached hydrogens (tertiary/aromatic N) is 1. The molecule has 0 spiro atoms. The third kappa shape index (κ3) is 4.14. The number of pyridine rings is 1. The molecule has 4 rings (SSSR count). The molecule has 1 saturated heterocycles. The van der Waals surface area contributed by atoms with Crippen molar-refractivity contribution in [2.45, 2.75) is 37.5 Å². The molecule has 0 aliphatic carbocycles. The van der Waals surface area contributed by atoms with Gasteiger partial charge in [0.2, 0.25) is 0 Å². The number of fused-ring (bicyclic) bond motifs is 1. The van der Waals surface area contributed by atoms with Gasteiger partial charge in [-0.05, 0) is 66.3 Å². The smallest absolute Gasteiger partial charge is 0.163 e. The number of rotatable bonds is 6. The molecule has 2 aliphatic rings. The molecule has 3 heterocycles. The second kappa shape index (κ2) is 8.13. The Kier molecular flexibility index (Phi) is 5.56. The lowest BCUT2D eigenvalue weighted by Gasteiger charge is -2.15. The Morgan fingerprint density at radius 1 is 1.28 bits per heavy atom. The molecule has 152 valence electrons. The van der Waals surface area contributed by atoms with E-state index in [4.69, 9.17) is 4.74 Å². The normalized spacial score (nSPS) is 23.4. The van der Waals surface area contributed by atoms with Crippen LogP contribution in [0.25, 0.3) is 11.6 Å². The summed E-state index contributed by atoms with van der Waals surface area (Å²) < 4.78 is 30.8. The van der Waals surface area contributed by atoms with Gasteiger partial charge >= 0.3 is 0 Å². The van der Waals surface area contributed by atoms with E-state index >= 15 is 0 Å². The van der Waals surface area contributed by atoms with Gasteiger partial charge in [0.05, 0.1) is 24.2 Å². The highest BCUT2D eigenvalue weighted by atomic mass is 32.2. The third-order valence-electron chi connectivity index (χ3n) is 5.67. The van der Waals surface area contributed by atoms with Crippen molar-refractivity contribution in [1.29, 1.82) is 0 Å². The Balaban J connectivity index is 1.60. The van der Waals surface area contributed by atoms with E-state index in [2.05, 4.69) is 4.98 Å². The summed E-state index contributed by atoms with van der Waals surface area (Å²) in [4.78, 5) is 4.48. The molecule has 0 saturated carbocycles. The highest BCUT2D eigenvalue weighted by molar-refractivity contribution is 7.92. The monoisotopic (exact) mass is 411 g/mol. The summed E-state index contributed by atoms with van der Waals surface area (Å²) in [5, 5.41) is 9.32. The summed E-state index contributed by atoms with van der Waals surface area (Å²) in [6.45, 7) is 2.28. The number of hydrogen-bond donors (Lipinski definition) is 1. The SMILES string of the molecule is CCC1=C2[C@@H](CC/C(=C/c3cccc(O)c3)c3ccccn3)OC[C@@H]2S(=O)(=O)C1. The third-order valence-corrected chi connectivity index (χ3v) is 7.68. The average molecular weight is 412 g/mol. The highest BCUT2D eigenvalue weighted by Gasteiger charge is 2.46. The molecular weight excluding hydrogens is 386 g/mol. The van der Waals surface area contributed by atoms with Crippen LogP contribution in [0.1, 0.15) is 37.4 Å². The number of ether oxygens (including phenoxy) is 1. The van der Waals surface area contributed by atoms with Crippen molar-refractivity contribution >= 4 is 21.5 Å². The Morgan fingerprint density at radius 3 is 2.86 bits per heavy atom. The summed E-state index contributed by atoms with van der Waals surface area (Å²) >= 11 is 0. The molecule has 1 fully saturated rings. The molecule has 6 heteroatoms. The minimum absolute atomic E-state index is 0.163. The largest absolute Gasteiger partial charge is 0.508 e. The lowest BCUT2D eigenvalue weighted by molar-refractivity contribution is 0.118. The maximum absolute atomic E-state index is 12.4. The minimum atomic E-state index is -3.12. The Morgan fingerprint density at radius 2 is 2.14 bits per heavy atom. The molecule has 1 aromatic carbocycles. The van der Waals surface area contributed by atoms with Crippen LogP contribution in [0, 0.1) is 0 Å². The number of aromatic nitrogens is 1. The van der Waals surface area contributed by atoms with Crippen LogP contribution < -0.4 is 0 Å². The van der Waals surface area contributed by atoms with Crippen LogP contribution in [-0.4, -0.2) is 42.2 Å². The zero-order chi connectivity index (χ0) is 20.4. The standard InChI is InChI=1S/C23H25NO4S/c1-2-17-15-29(26,27)22-14-28-21(23(17)22)10-9-18(20-8-3-4-11-24-20)12-16-6-5-7-19(25)13-16/h3-8,11-13,21-22,25H,2,9-10,14-15H2,1H3/b18-12-/t21-,22+/m1/s1. The van der Waals surface area contributed by atoms with Crippen LogP contribution in [0.4, 0.5) is 0 Å². The first-order valence-corrected chi connectivity index (χ1v) is 11.7. The molecule has 5 nitrogen and oxygen atoms in total. The number of allylic oxidation sites excluding steroid dienone is 1. The molecule has 1 N–H and O–H groups in total. The number of phenols is 1. The molecule has 1 aromatic heterocycles. The molecule has 29 heavy (non-hydrogen) atoms. The number of aromatic hydroxyl groups is 1. The predicted octanol–water partition coefficient (Wildman–Crippen LogP) is 4.01. The van der Waals surface area contributed by atoms with E-state index in [1.165, 1.54) is 0 Å². The van der Waals surface area contributed by atoms with Gasteiger partial charge in [-0.25, -0.2) is 8.42 Å². The number of hydrogen-bond acceptors (Lipinski definition) is 5. The topological polar surface area (TPSA) is 76.5 Å². The van der Waals surface area contributed by atoms with Gasteiger partial charge in [0.1, 0.15) is 11.0 Å². The molecule has 0 bridgehead atoms. The number of benzene rings is 1.